The molecule has 0 radical (unpaired) electrons. The van der Waals surface area contributed by atoms with Crippen LogP contribution >= 0.6 is 35.0 Å². The molecule has 1 aromatic heterocycles. The molecular weight excluding hydrogens is 405 g/mol. The highest BCUT2D eigenvalue weighted by atomic mass is 35.5. The van der Waals surface area contributed by atoms with Gasteiger partial charge in [0.25, 0.3) is 5.56 Å². The lowest BCUT2D eigenvalue weighted by molar-refractivity contribution is -0.119. The molecule has 8 heteroatoms. The third-order valence-corrected chi connectivity index (χ3v) is 5.67. The largest absolute Gasteiger partial charge is 0.349 e. The molecule has 2 aromatic carbocycles. The first-order chi connectivity index (χ1) is 12.9. The highest BCUT2D eigenvalue weighted by Gasteiger charge is 2.15. The fourth-order valence-corrected chi connectivity index (χ4v) is 4.03. The van der Waals surface area contributed by atoms with Gasteiger partial charge in [0.05, 0.1) is 22.7 Å². The fourth-order valence-electron chi connectivity index (χ4n) is 2.67. The molecule has 1 N–H and O–H groups in total. The van der Waals surface area contributed by atoms with Crippen LogP contribution < -0.4 is 10.9 Å². The molecule has 0 fully saturated rings. The summed E-state index contributed by atoms with van der Waals surface area (Å²) in [7, 11) is 1.65. The number of benzene rings is 2. The monoisotopic (exact) mass is 421 g/mol. The van der Waals surface area contributed by atoms with Crippen molar-refractivity contribution in [2.24, 2.45) is 7.05 Å². The first-order valence-corrected chi connectivity index (χ1v) is 9.94. The second kappa shape index (κ2) is 8.33. The second-order valence-corrected chi connectivity index (χ2v) is 7.81. The second-order valence-electron chi connectivity index (χ2n) is 6.02. The molecule has 0 saturated heterocycles. The zero-order valence-electron chi connectivity index (χ0n) is 14.7. The number of carbonyl (C=O) groups is 1. The topological polar surface area (TPSA) is 64.0 Å². The summed E-state index contributed by atoms with van der Waals surface area (Å²) in [6, 6.07) is 12.0. The Morgan fingerprint density at radius 3 is 2.74 bits per heavy atom. The molecular formula is C19H17Cl2N3O2S. The normalized spacial score (nSPS) is 12.1. The summed E-state index contributed by atoms with van der Waals surface area (Å²) in [5.41, 5.74) is 1.27. The first kappa shape index (κ1) is 19.7. The number of aromatic nitrogens is 2. The van der Waals surface area contributed by atoms with Crippen LogP contribution in [0.4, 0.5) is 0 Å². The van der Waals surface area contributed by atoms with Crippen LogP contribution in [0.1, 0.15) is 18.5 Å². The van der Waals surface area contributed by atoms with Gasteiger partial charge in [-0.2, -0.15) is 0 Å². The summed E-state index contributed by atoms with van der Waals surface area (Å²) in [6.45, 7) is 1.85. The maximum Gasteiger partial charge on any atom is 0.261 e. The highest BCUT2D eigenvalue weighted by Crippen LogP contribution is 2.26. The minimum absolute atomic E-state index is 0.133. The van der Waals surface area contributed by atoms with E-state index in [2.05, 4.69) is 10.3 Å². The van der Waals surface area contributed by atoms with E-state index in [9.17, 15) is 9.59 Å². The lowest BCUT2D eigenvalue weighted by Crippen LogP contribution is -2.29. The number of halogens is 2. The molecule has 0 aliphatic rings. The Morgan fingerprint density at radius 1 is 1.26 bits per heavy atom. The summed E-state index contributed by atoms with van der Waals surface area (Å²) in [5.74, 6) is -0.0466. The number of thioether (sulfide) groups is 1. The van der Waals surface area contributed by atoms with Gasteiger partial charge < -0.3 is 5.32 Å². The van der Waals surface area contributed by atoms with Gasteiger partial charge in [-0.15, -0.1) is 0 Å². The molecule has 1 amide bonds. The Bertz CT molecular complexity index is 1070. The van der Waals surface area contributed by atoms with Crippen LogP contribution in [0.5, 0.6) is 0 Å². The van der Waals surface area contributed by atoms with E-state index in [1.54, 1.807) is 43.4 Å². The number of hydrogen-bond donors (Lipinski definition) is 1. The summed E-state index contributed by atoms with van der Waals surface area (Å²) in [5, 5.41) is 4.99. The van der Waals surface area contributed by atoms with Crippen molar-refractivity contribution in [3.05, 3.63) is 68.4 Å². The number of fused-ring (bicyclic) bond motifs is 1. The van der Waals surface area contributed by atoms with Crippen LogP contribution in [-0.2, 0) is 11.8 Å². The SMILES string of the molecule is CC(NC(=O)CSc1nc2ccccc2c(=O)n1C)c1ccc(Cl)cc1Cl. The smallest absolute Gasteiger partial charge is 0.261 e. The Morgan fingerprint density at radius 2 is 2.00 bits per heavy atom. The standard InChI is InChI=1S/C19H17Cl2N3O2S/c1-11(13-8-7-12(20)9-15(13)21)22-17(25)10-27-19-23-16-6-4-3-5-14(16)18(26)24(19)2/h3-9,11H,10H2,1-2H3,(H,22,25). The van der Waals surface area contributed by atoms with Crippen molar-refractivity contribution < 1.29 is 4.79 Å². The Hall–Kier alpha value is -2.02. The van der Waals surface area contributed by atoms with Crippen molar-refractivity contribution in [2.45, 2.75) is 18.1 Å². The summed E-state index contributed by atoms with van der Waals surface area (Å²) < 4.78 is 1.46. The highest BCUT2D eigenvalue weighted by molar-refractivity contribution is 7.99. The lowest BCUT2D eigenvalue weighted by Gasteiger charge is -2.16. The molecule has 5 nitrogen and oxygen atoms in total. The number of para-hydroxylation sites is 1. The molecule has 3 aromatic rings. The maximum atomic E-state index is 12.4. The molecule has 140 valence electrons. The summed E-state index contributed by atoms with van der Waals surface area (Å²) in [4.78, 5) is 29.2. The minimum atomic E-state index is -0.267. The number of nitrogens with one attached hydrogen (secondary N) is 1. The van der Waals surface area contributed by atoms with Crippen molar-refractivity contribution in [1.29, 1.82) is 0 Å². The average Bonchev–Trinajstić information content (AvgIpc) is 2.63. The molecule has 0 spiro atoms. The van der Waals surface area contributed by atoms with Crippen LogP contribution in [-0.4, -0.2) is 21.2 Å². The lowest BCUT2D eigenvalue weighted by atomic mass is 10.1. The van der Waals surface area contributed by atoms with Gasteiger partial charge in [-0.3, -0.25) is 14.2 Å². The van der Waals surface area contributed by atoms with Gasteiger partial charge in [0.1, 0.15) is 0 Å². The van der Waals surface area contributed by atoms with Gasteiger partial charge in [-0.25, -0.2) is 4.98 Å². The van der Waals surface area contributed by atoms with Crippen LogP contribution in [0, 0.1) is 0 Å². The average molecular weight is 422 g/mol. The summed E-state index contributed by atoms with van der Waals surface area (Å²) in [6.07, 6.45) is 0. The number of amides is 1. The van der Waals surface area contributed by atoms with Crippen molar-refractivity contribution >= 4 is 51.8 Å². The van der Waals surface area contributed by atoms with Gasteiger partial charge in [0.2, 0.25) is 5.91 Å². The van der Waals surface area contributed by atoms with E-state index in [1.165, 1.54) is 16.3 Å². The van der Waals surface area contributed by atoms with Gasteiger partial charge in [-0.05, 0) is 36.8 Å². The van der Waals surface area contributed by atoms with E-state index < -0.39 is 0 Å². The van der Waals surface area contributed by atoms with E-state index in [0.29, 0.717) is 26.1 Å². The van der Waals surface area contributed by atoms with Crippen molar-refractivity contribution in [3.63, 3.8) is 0 Å². The van der Waals surface area contributed by atoms with Crippen LogP contribution in [0.3, 0.4) is 0 Å². The van der Waals surface area contributed by atoms with Crippen LogP contribution in [0.25, 0.3) is 10.9 Å². The van der Waals surface area contributed by atoms with Crippen LogP contribution in [0.2, 0.25) is 10.0 Å². The Balaban J connectivity index is 1.70. The predicted molar refractivity (Wildman–Crippen MR) is 111 cm³/mol. The molecule has 0 bridgehead atoms. The predicted octanol–water partition coefficient (Wildman–Crippen LogP) is 4.21. The van der Waals surface area contributed by atoms with Crippen molar-refractivity contribution in [3.8, 4) is 0 Å². The molecule has 1 unspecified atom stereocenters. The molecule has 3 rings (SSSR count). The zero-order valence-corrected chi connectivity index (χ0v) is 17.0. The Labute approximate surface area is 170 Å². The molecule has 0 aliphatic carbocycles. The van der Waals surface area contributed by atoms with Gasteiger partial charge in [0, 0.05) is 17.1 Å². The minimum Gasteiger partial charge on any atom is -0.349 e. The number of carbonyl (C=O) groups excluding carboxylic acids is 1. The van der Waals surface area contributed by atoms with E-state index >= 15 is 0 Å². The quantitative estimate of drug-likeness (QED) is 0.494. The van der Waals surface area contributed by atoms with E-state index in [-0.39, 0.29) is 23.3 Å². The van der Waals surface area contributed by atoms with E-state index in [1.807, 2.05) is 13.0 Å². The van der Waals surface area contributed by atoms with Gasteiger partial charge in [-0.1, -0.05) is 53.2 Å². The molecule has 1 atom stereocenters. The number of rotatable bonds is 5. The van der Waals surface area contributed by atoms with Crippen LogP contribution in [0.15, 0.2) is 52.4 Å². The maximum absolute atomic E-state index is 12.4. The van der Waals surface area contributed by atoms with E-state index in [0.717, 1.165) is 5.56 Å². The first-order valence-electron chi connectivity index (χ1n) is 8.19. The summed E-state index contributed by atoms with van der Waals surface area (Å²) >= 11 is 13.3. The molecule has 1 heterocycles. The fraction of sp³-hybridized carbons (Fsp3) is 0.211. The molecule has 0 saturated carbocycles. The molecule has 27 heavy (non-hydrogen) atoms. The third kappa shape index (κ3) is 4.46. The molecule has 0 aliphatic heterocycles. The number of nitrogens with zero attached hydrogens (tertiary/aromatic N) is 2. The Kier molecular flexibility index (Phi) is 6.09. The number of hydrogen-bond acceptors (Lipinski definition) is 4. The van der Waals surface area contributed by atoms with Gasteiger partial charge in [0.15, 0.2) is 5.16 Å². The zero-order chi connectivity index (χ0) is 19.6. The van der Waals surface area contributed by atoms with E-state index in [4.69, 9.17) is 23.2 Å². The van der Waals surface area contributed by atoms with Crippen molar-refractivity contribution in [2.75, 3.05) is 5.75 Å². The van der Waals surface area contributed by atoms with Crippen molar-refractivity contribution in [1.82, 2.24) is 14.9 Å². The van der Waals surface area contributed by atoms with Gasteiger partial charge >= 0.3 is 0 Å². The third-order valence-electron chi connectivity index (χ3n) is 4.08.